The minimum Gasteiger partial charge on any atom is -0.478 e. The minimum atomic E-state index is -1.04. The summed E-state index contributed by atoms with van der Waals surface area (Å²) >= 11 is 0. The maximum Gasteiger partial charge on any atom is 0.346 e. The summed E-state index contributed by atoms with van der Waals surface area (Å²) in [5.74, 6) is -0.512. The first-order valence-corrected chi connectivity index (χ1v) is 7.46. The summed E-state index contributed by atoms with van der Waals surface area (Å²) in [5, 5.41) is 9.21. The van der Waals surface area contributed by atoms with E-state index < -0.39 is 12.1 Å². The van der Waals surface area contributed by atoms with Gasteiger partial charge < -0.3 is 14.7 Å². The molecule has 0 radical (unpaired) electrons. The first kappa shape index (κ1) is 13.9. The molecule has 1 heterocycles. The number of carbonyl (C=O) groups excluding carboxylic acids is 1. The van der Waals surface area contributed by atoms with Gasteiger partial charge >= 0.3 is 5.97 Å². The molecule has 5 nitrogen and oxygen atoms in total. The summed E-state index contributed by atoms with van der Waals surface area (Å²) in [4.78, 5) is 25.6. The molecule has 1 saturated carbocycles. The van der Waals surface area contributed by atoms with Gasteiger partial charge in [0.1, 0.15) is 5.75 Å². The predicted octanol–water partition coefficient (Wildman–Crippen LogP) is 2.45. The average molecular weight is 289 g/mol. The van der Waals surface area contributed by atoms with Crippen LogP contribution < -0.4 is 9.64 Å². The van der Waals surface area contributed by atoms with Crippen molar-refractivity contribution in [3.05, 3.63) is 24.3 Å². The van der Waals surface area contributed by atoms with Gasteiger partial charge in [0.15, 0.2) is 0 Å². The highest BCUT2D eigenvalue weighted by atomic mass is 16.5. The summed E-state index contributed by atoms with van der Waals surface area (Å²) in [7, 11) is 0. The largest absolute Gasteiger partial charge is 0.478 e. The zero-order valence-electron chi connectivity index (χ0n) is 11.8. The summed E-state index contributed by atoms with van der Waals surface area (Å²) in [5.41, 5.74) is 0.686. The highest BCUT2D eigenvalue weighted by Crippen LogP contribution is 2.36. The van der Waals surface area contributed by atoms with Crippen LogP contribution in [-0.4, -0.2) is 29.6 Å². The fourth-order valence-electron chi connectivity index (χ4n) is 3.14. The Kier molecular flexibility index (Phi) is 3.82. The molecule has 1 atom stereocenters. The van der Waals surface area contributed by atoms with E-state index >= 15 is 0 Å². The van der Waals surface area contributed by atoms with Gasteiger partial charge in [-0.1, -0.05) is 31.4 Å². The molecule has 1 amide bonds. The van der Waals surface area contributed by atoms with E-state index in [1.807, 2.05) is 12.1 Å². The van der Waals surface area contributed by atoms with Gasteiger partial charge in [0.2, 0.25) is 12.0 Å². The van der Waals surface area contributed by atoms with E-state index in [4.69, 9.17) is 4.74 Å². The zero-order valence-corrected chi connectivity index (χ0v) is 11.8. The van der Waals surface area contributed by atoms with Crippen LogP contribution in [0.3, 0.4) is 0 Å². The average Bonchev–Trinajstić information content (AvgIpc) is 2.54. The summed E-state index contributed by atoms with van der Waals surface area (Å²) in [6.45, 7) is 0.0850. The van der Waals surface area contributed by atoms with Gasteiger partial charge in [-0.2, -0.15) is 0 Å². The molecule has 3 rings (SSSR count). The molecule has 1 N–H and O–H groups in total. The Morgan fingerprint density at radius 2 is 1.86 bits per heavy atom. The molecule has 112 valence electrons. The highest BCUT2D eigenvalue weighted by Gasteiger charge is 2.36. The van der Waals surface area contributed by atoms with Crippen LogP contribution in [0.15, 0.2) is 24.3 Å². The fraction of sp³-hybridized carbons (Fsp3) is 0.500. The van der Waals surface area contributed by atoms with Crippen LogP contribution >= 0.6 is 0 Å². The summed E-state index contributed by atoms with van der Waals surface area (Å²) in [6.07, 6.45) is 4.13. The van der Waals surface area contributed by atoms with E-state index in [1.54, 1.807) is 17.0 Å². The van der Waals surface area contributed by atoms with Crippen molar-refractivity contribution in [2.45, 2.75) is 38.2 Å². The van der Waals surface area contributed by atoms with E-state index in [0.29, 0.717) is 11.4 Å². The van der Waals surface area contributed by atoms with Crippen LogP contribution in [0.4, 0.5) is 5.69 Å². The molecule has 1 aliphatic heterocycles. The number of nitrogens with zero attached hydrogens (tertiary/aromatic N) is 1. The number of amides is 1. The lowest BCUT2D eigenvalue weighted by molar-refractivity contribution is -0.145. The Morgan fingerprint density at radius 1 is 1.14 bits per heavy atom. The molecular formula is C16H19NO4. The number of rotatable bonds is 2. The van der Waals surface area contributed by atoms with Crippen LogP contribution in [0, 0.1) is 5.92 Å². The number of ether oxygens (including phenoxy) is 1. The Bertz CT molecular complexity index is 551. The lowest BCUT2D eigenvalue weighted by Crippen LogP contribution is -2.49. The standard InChI is InChI=1S/C16H19NO4/c18-15(11-6-2-1-3-7-11)17-10-14(16(19)20)21-13-9-5-4-8-12(13)17/h4-5,8-9,11,14H,1-3,6-7,10H2,(H,19,20)/t14-/m1/s1. The number of aliphatic carboxylic acids is 1. The third-order valence-corrected chi connectivity index (χ3v) is 4.27. The molecule has 0 saturated heterocycles. The smallest absolute Gasteiger partial charge is 0.346 e. The van der Waals surface area contributed by atoms with Gasteiger partial charge in [-0.15, -0.1) is 0 Å². The first-order valence-electron chi connectivity index (χ1n) is 7.46. The second-order valence-electron chi connectivity index (χ2n) is 5.70. The lowest BCUT2D eigenvalue weighted by Gasteiger charge is -2.35. The monoisotopic (exact) mass is 289 g/mol. The number of para-hydroxylation sites is 2. The molecule has 1 fully saturated rings. The molecule has 1 aliphatic carbocycles. The number of fused-ring (bicyclic) bond motifs is 1. The van der Waals surface area contributed by atoms with Crippen LogP contribution in [0.5, 0.6) is 5.75 Å². The molecule has 2 aliphatic rings. The minimum absolute atomic E-state index is 0.0133. The second-order valence-corrected chi connectivity index (χ2v) is 5.70. The van der Waals surface area contributed by atoms with Crippen molar-refractivity contribution in [2.75, 3.05) is 11.4 Å². The maximum atomic E-state index is 12.8. The van der Waals surface area contributed by atoms with E-state index in [2.05, 4.69) is 0 Å². The van der Waals surface area contributed by atoms with Crippen molar-refractivity contribution in [2.24, 2.45) is 5.92 Å². The van der Waals surface area contributed by atoms with Gasteiger partial charge in [0, 0.05) is 5.92 Å². The highest BCUT2D eigenvalue weighted by molar-refractivity contribution is 5.98. The number of hydrogen-bond acceptors (Lipinski definition) is 3. The van der Waals surface area contributed by atoms with Crippen molar-refractivity contribution in [3.63, 3.8) is 0 Å². The molecule has 1 aromatic rings. The molecule has 21 heavy (non-hydrogen) atoms. The molecule has 0 spiro atoms. The third-order valence-electron chi connectivity index (χ3n) is 4.27. The van der Waals surface area contributed by atoms with Crippen molar-refractivity contribution >= 4 is 17.6 Å². The van der Waals surface area contributed by atoms with Gasteiger partial charge in [-0.05, 0) is 25.0 Å². The van der Waals surface area contributed by atoms with E-state index in [0.717, 1.165) is 25.7 Å². The number of carboxylic acids is 1. The molecule has 0 bridgehead atoms. The Hall–Kier alpha value is -2.04. The molecule has 5 heteroatoms. The normalized spacial score (nSPS) is 22.3. The molecule has 0 unspecified atom stereocenters. The van der Waals surface area contributed by atoms with Gasteiger partial charge in [0.05, 0.1) is 12.2 Å². The lowest BCUT2D eigenvalue weighted by atomic mass is 9.88. The van der Waals surface area contributed by atoms with Crippen LogP contribution in [0.25, 0.3) is 0 Å². The Morgan fingerprint density at radius 3 is 2.57 bits per heavy atom. The zero-order chi connectivity index (χ0) is 14.8. The number of carbonyl (C=O) groups is 2. The maximum absolute atomic E-state index is 12.8. The van der Waals surface area contributed by atoms with Crippen molar-refractivity contribution < 1.29 is 19.4 Å². The summed E-state index contributed by atoms with van der Waals surface area (Å²) in [6, 6.07) is 7.15. The quantitative estimate of drug-likeness (QED) is 0.908. The first-order chi connectivity index (χ1) is 10.2. The molecule has 1 aromatic carbocycles. The van der Waals surface area contributed by atoms with Gasteiger partial charge in [-0.25, -0.2) is 4.79 Å². The molecular weight excluding hydrogens is 270 g/mol. The fourth-order valence-corrected chi connectivity index (χ4v) is 3.14. The predicted molar refractivity (Wildman–Crippen MR) is 77.4 cm³/mol. The number of hydrogen-bond donors (Lipinski definition) is 1. The second kappa shape index (κ2) is 5.76. The van der Waals surface area contributed by atoms with Crippen LogP contribution in [0.2, 0.25) is 0 Å². The van der Waals surface area contributed by atoms with Crippen molar-refractivity contribution in [3.8, 4) is 5.75 Å². The SMILES string of the molecule is O=C(O)[C@H]1CN(C(=O)C2CCCCC2)c2ccccc2O1. The van der Waals surface area contributed by atoms with Gasteiger partial charge in [-0.3, -0.25) is 4.79 Å². The third kappa shape index (κ3) is 2.73. The van der Waals surface area contributed by atoms with Crippen LogP contribution in [-0.2, 0) is 9.59 Å². The van der Waals surface area contributed by atoms with E-state index in [-0.39, 0.29) is 18.4 Å². The topological polar surface area (TPSA) is 66.8 Å². The number of anilines is 1. The van der Waals surface area contributed by atoms with Crippen LogP contribution in [0.1, 0.15) is 32.1 Å². The number of benzene rings is 1. The van der Waals surface area contributed by atoms with Gasteiger partial charge in [0.25, 0.3) is 0 Å². The number of carboxylic acid groups (broad SMARTS) is 1. The Balaban J connectivity index is 1.88. The molecule has 0 aromatic heterocycles. The Labute approximate surface area is 123 Å². The van der Waals surface area contributed by atoms with Crippen molar-refractivity contribution in [1.29, 1.82) is 0 Å². The summed E-state index contributed by atoms with van der Waals surface area (Å²) < 4.78 is 5.47. The van der Waals surface area contributed by atoms with E-state index in [1.165, 1.54) is 6.42 Å². The van der Waals surface area contributed by atoms with E-state index in [9.17, 15) is 14.7 Å². The van der Waals surface area contributed by atoms with Crippen molar-refractivity contribution in [1.82, 2.24) is 0 Å².